The molecule has 1 atom stereocenters. The molecule has 1 N–H and O–H groups in total. The fourth-order valence-electron chi connectivity index (χ4n) is 1.06. The zero-order valence-corrected chi connectivity index (χ0v) is 7.15. The van der Waals surface area contributed by atoms with Gasteiger partial charge in [-0.15, -0.1) is 0 Å². The van der Waals surface area contributed by atoms with E-state index >= 15 is 0 Å². The lowest BCUT2D eigenvalue weighted by molar-refractivity contribution is 0.414. The molecule has 0 aromatic heterocycles. The van der Waals surface area contributed by atoms with Crippen molar-refractivity contribution in [3.05, 3.63) is 0 Å². The second-order valence-corrected chi connectivity index (χ2v) is 3.25. The van der Waals surface area contributed by atoms with E-state index in [1.807, 2.05) is 0 Å². The van der Waals surface area contributed by atoms with Gasteiger partial charge in [0.25, 0.3) is 0 Å². The minimum Gasteiger partial charge on any atom is -0.316 e. The van der Waals surface area contributed by atoms with Gasteiger partial charge in [-0.3, -0.25) is 0 Å². The van der Waals surface area contributed by atoms with E-state index in [1.54, 1.807) is 0 Å². The molecule has 48 valence electrons. The van der Waals surface area contributed by atoms with Gasteiger partial charge < -0.3 is 5.32 Å². The average molecular weight is 225 g/mol. The third-order valence-electron chi connectivity index (χ3n) is 1.62. The number of alkyl halides is 1. The second-order valence-electron chi connectivity index (χ2n) is 2.37. The summed E-state index contributed by atoms with van der Waals surface area (Å²) in [7, 11) is 0. The number of hydrogen-bond donors (Lipinski definition) is 1. The molecule has 0 radical (unpaired) electrons. The van der Waals surface area contributed by atoms with Crippen molar-refractivity contribution in [2.45, 2.75) is 12.8 Å². The SMILES string of the molecule is IC[C@H]1CCCNC1. The van der Waals surface area contributed by atoms with E-state index in [0.29, 0.717) is 0 Å². The van der Waals surface area contributed by atoms with Gasteiger partial charge in [-0.25, -0.2) is 0 Å². The Bertz CT molecular complexity index is 59.5. The molecule has 0 aromatic rings. The minimum absolute atomic E-state index is 0.962. The van der Waals surface area contributed by atoms with Gasteiger partial charge in [0.2, 0.25) is 0 Å². The zero-order chi connectivity index (χ0) is 5.82. The Kier molecular flexibility index (Phi) is 3.12. The standard InChI is InChI=1S/C6H12IN/c7-4-6-2-1-3-8-5-6/h6,8H,1-5H2/t6-/m1/s1. The minimum atomic E-state index is 0.962. The van der Waals surface area contributed by atoms with Gasteiger partial charge in [0, 0.05) is 4.43 Å². The van der Waals surface area contributed by atoms with Crippen LogP contribution < -0.4 is 5.32 Å². The van der Waals surface area contributed by atoms with Crippen molar-refractivity contribution in [3.63, 3.8) is 0 Å². The van der Waals surface area contributed by atoms with E-state index in [9.17, 15) is 0 Å². The van der Waals surface area contributed by atoms with Gasteiger partial charge in [-0.2, -0.15) is 0 Å². The molecule has 1 rings (SSSR count). The van der Waals surface area contributed by atoms with Gasteiger partial charge in [-0.05, 0) is 31.8 Å². The smallest absolute Gasteiger partial charge is 0.00358 e. The van der Waals surface area contributed by atoms with Crippen LogP contribution in [0.5, 0.6) is 0 Å². The number of rotatable bonds is 1. The molecule has 1 heterocycles. The highest BCUT2D eigenvalue weighted by molar-refractivity contribution is 14.1. The van der Waals surface area contributed by atoms with E-state index < -0.39 is 0 Å². The maximum atomic E-state index is 3.38. The Morgan fingerprint density at radius 3 is 2.88 bits per heavy atom. The first-order valence-electron chi connectivity index (χ1n) is 3.20. The Morgan fingerprint density at radius 2 is 2.50 bits per heavy atom. The lowest BCUT2D eigenvalue weighted by atomic mass is 10.0. The van der Waals surface area contributed by atoms with Crippen molar-refractivity contribution in [1.29, 1.82) is 0 Å². The Hall–Kier alpha value is 0.690. The highest BCUT2D eigenvalue weighted by Gasteiger charge is 2.09. The van der Waals surface area contributed by atoms with E-state index in [2.05, 4.69) is 27.9 Å². The Balaban J connectivity index is 2.13. The van der Waals surface area contributed by atoms with E-state index in [4.69, 9.17) is 0 Å². The van der Waals surface area contributed by atoms with Gasteiger partial charge in [0.15, 0.2) is 0 Å². The highest BCUT2D eigenvalue weighted by atomic mass is 127. The lowest BCUT2D eigenvalue weighted by Crippen LogP contribution is -2.30. The van der Waals surface area contributed by atoms with E-state index in [0.717, 1.165) is 5.92 Å². The predicted octanol–water partition coefficient (Wildman–Crippen LogP) is 1.42. The zero-order valence-electron chi connectivity index (χ0n) is 4.99. The number of nitrogens with one attached hydrogen (secondary N) is 1. The van der Waals surface area contributed by atoms with Crippen LogP contribution in [0.1, 0.15) is 12.8 Å². The Labute approximate surface area is 64.4 Å². The van der Waals surface area contributed by atoms with Crippen molar-refractivity contribution in [2.24, 2.45) is 5.92 Å². The highest BCUT2D eigenvalue weighted by Crippen LogP contribution is 2.11. The summed E-state index contributed by atoms with van der Waals surface area (Å²) in [5.74, 6) is 0.962. The average Bonchev–Trinajstić information content (AvgIpc) is 1.90. The molecule has 0 spiro atoms. The molecule has 1 fully saturated rings. The molecule has 2 heteroatoms. The molecule has 0 amide bonds. The van der Waals surface area contributed by atoms with Crippen molar-refractivity contribution in [1.82, 2.24) is 5.32 Å². The summed E-state index contributed by atoms with van der Waals surface area (Å²) < 4.78 is 1.32. The van der Waals surface area contributed by atoms with Crippen LogP contribution >= 0.6 is 22.6 Å². The molecule has 0 aliphatic carbocycles. The quantitative estimate of drug-likeness (QED) is 0.525. The maximum absolute atomic E-state index is 3.38. The summed E-state index contributed by atoms with van der Waals surface area (Å²) in [4.78, 5) is 0. The third kappa shape index (κ3) is 1.90. The van der Waals surface area contributed by atoms with Crippen LogP contribution in [0.4, 0.5) is 0 Å². The molecule has 0 aromatic carbocycles. The van der Waals surface area contributed by atoms with Crippen molar-refractivity contribution >= 4 is 22.6 Å². The molecule has 0 bridgehead atoms. The first kappa shape index (κ1) is 6.81. The van der Waals surface area contributed by atoms with Crippen molar-refractivity contribution in [2.75, 3.05) is 17.5 Å². The van der Waals surface area contributed by atoms with Gasteiger partial charge in [0.1, 0.15) is 0 Å². The summed E-state index contributed by atoms with van der Waals surface area (Å²) in [5.41, 5.74) is 0. The van der Waals surface area contributed by atoms with Gasteiger partial charge in [-0.1, -0.05) is 22.6 Å². The van der Waals surface area contributed by atoms with E-state index in [-0.39, 0.29) is 0 Å². The molecular weight excluding hydrogens is 213 g/mol. The van der Waals surface area contributed by atoms with Crippen LogP contribution in [0.25, 0.3) is 0 Å². The second kappa shape index (κ2) is 3.67. The fraction of sp³-hybridized carbons (Fsp3) is 1.00. The fourth-order valence-corrected chi connectivity index (χ4v) is 1.81. The summed E-state index contributed by atoms with van der Waals surface area (Å²) in [6, 6.07) is 0. The van der Waals surface area contributed by atoms with Crippen molar-refractivity contribution < 1.29 is 0 Å². The van der Waals surface area contributed by atoms with Gasteiger partial charge >= 0.3 is 0 Å². The third-order valence-corrected chi connectivity index (χ3v) is 2.86. The number of hydrogen-bond acceptors (Lipinski definition) is 1. The van der Waals surface area contributed by atoms with Crippen LogP contribution in [0.2, 0.25) is 0 Å². The summed E-state index contributed by atoms with van der Waals surface area (Å²) in [6.07, 6.45) is 2.82. The van der Waals surface area contributed by atoms with Crippen LogP contribution in [-0.2, 0) is 0 Å². The largest absolute Gasteiger partial charge is 0.316 e. The normalized spacial score (nSPS) is 30.4. The molecule has 1 nitrogen and oxygen atoms in total. The molecule has 1 saturated heterocycles. The van der Waals surface area contributed by atoms with Crippen molar-refractivity contribution in [3.8, 4) is 0 Å². The first-order valence-corrected chi connectivity index (χ1v) is 4.72. The maximum Gasteiger partial charge on any atom is 0.00358 e. The molecular formula is C6H12IN. The van der Waals surface area contributed by atoms with Gasteiger partial charge in [0.05, 0.1) is 0 Å². The Morgan fingerprint density at radius 1 is 1.62 bits per heavy atom. The molecule has 1 aliphatic rings. The molecule has 0 saturated carbocycles. The summed E-state index contributed by atoms with van der Waals surface area (Å²) >= 11 is 2.47. The number of piperidine rings is 1. The molecule has 0 unspecified atom stereocenters. The first-order chi connectivity index (χ1) is 3.93. The van der Waals surface area contributed by atoms with Crippen LogP contribution in [0, 0.1) is 5.92 Å². The monoisotopic (exact) mass is 225 g/mol. The topological polar surface area (TPSA) is 12.0 Å². The van der Waals surface area contributed by atoms with Crippen LogP contribution in [-0.4, -0.2) is 17.5 Å². The predicted molar refractivity (Wildman–Crippen MR) is 44.5 cm³/mol. The molecule has 1 aliphatic heterocycles. The van der Waals surface area contributed by atoms with E-state index in [1.165, 1.54) is 30.4 Å². The van der Waals surface area contributed by atoms with Crippen LogP contribution in [0.3, 0.4) is 0 Å². The summed E-state index contributed by atoms with van der Waals surface area (Å²) in [6.45, 7) is 2.50. The lowest BCUT2D eigenvalue weighted by Gasteiger charge is -2.19. The summed E-state index contributed by atoms with van der Waals surface area (Å²) in [5, 5.41) is 3.38. The molecule has 8 heavy (non-hydrogen) atoms. The van der Waals surface area contributed by atoms with Crippen LogP contribution in [0.15, 0.2) is 0 Å². The number of halogens is 1.